The number of hydrogen-bond donors (Lipinski definition) is 1. The van der Waals surface area contributed by atoms with Crippen molar-refractivity contribution in [3.63, 3.8) is 0 Å². The zero-order valence-corrected chi connectivity index (χ0v) is 16.9. The van der Waals surface area contributed by atoms with Crippen LogP contribution in [0.1, 0.15) is 44.7 Å². The number of likely N-dealkylation sites (tertiary alicyclic amines) is 1. The third kappa shape index (κ3) is 5.17. The molecule has 0 aromatic heterocycles. The van der Waals surface area contributed by atoms with Gasteiger partial charge in [0.15, 0.2) is 0 Å². The van der Waals surface area contributed by atoms with Gasteiger partial charge in [0.2, 0.25) is 5.91 Å². The van der Waals surface area contributed by atoms with Crippen LogP contribution < -0.4 is 5.32 Å². The minimum absolute atomic E-state index is 0.170. The Labute approximate surface area is 163 Å². The van der Waals surface area contributed by atoms with E-state index in [-0.39, 0.29) is 25.0 Å². The van der Waals surface area contributed by atoms with E-state index in [1.807, 2.05) is 27.7 Å². The molecule has 0 saturated carbocycles. The van der Waals surface area contributed by atoms with Crippen molar-refractivity contribution in [3.05, 3.63) is 35.4 Å². The molecule has 2 atom stereocenters. The monoisotopic (exact) mass is 399 g/mol. The fourth-order valence-electron chi connectivity index (χ4n) is 3.34. The summed E-state index contributed by atoms with van der Waals surface area (Å²) in [4.78, 5) is 28.5. The molecule has 28 heavy (non-hydrogen) atoms. The van der Waals surface area contributed by atoms with Crippen LogP contribution in [0.25, 0.3) is 0 Å². The summed E-state index contributed by atoms with van der Waals surface area (Å²) in [5.74, 6) is -1.25. The summed E-state index contributed by atoms with van der Waals surface area (Å²) in [7, 11) is 1.66. The molecule has 1 fully saturated rings. The lowest BCUT2D eigenvalue weighted by Crippen LogP contribution is -2.48. The van der Waals surface area contributed by atoms with E-state index in [4.69, 9.17) is 0 Å². The predicted octanol–water partition coefficient (Wildman–Crippen LogP) is 3.71. The molecular formula is C20H28F3N3O2. The lowest BCUT2D eigenvalue weighted by molar-refractivity contribution is -0.137. The number of benzene rings is 1. The van der Waals surface area contributed by atoms with Gasteiger partial charge in [-0.1, -0.05) is 18.2 Å². The predicted molar refractivity (Wildman–Crippen MR) is 101 cm³/mol. The van der Waals surface area contributed by atoms with E-state index in [9.17, 15) is 22.8 Å². The smallest absolute Gasteiger partial charge is 0.346 e. The fourth-order valence-corrected chi connectivity index (χ4v) is 3.34. The Morgan fingerprint density at radius 2 is 1.86 bits per heavy atom. The third-order valence-electron chi connectivity index (χ3n) is 4.90. The summed E-state index contributed by atoms with van der Waals surface area (Å²) in [6.07, 6.45) is -4.46. The SMILES string of the molecule is CCN(C)C(=O)[C@H]1CN(C(=O)NC(C)(C)C)C[C@@H]1c1cccc(C(F)(F)F)c1. The van der Waals surface area contributed by atoms with Crippen molar-refractivity contribution in [2.45, 2.75) is 45.3 Å². The molecule has 3 amide bonds. The quantitative estimate of drug-likeness (QED) is 0.843. The number of carbonyl (C=O) groups excluding carboxylic acids is 2. The van der Waals surface area contributed by atoms with Gasteiger partial charge in [-0.15, -0.1) is 0 Å². The molecule has 1 aliphatic heterocycles. The Balaban J connectivity index is 2.35. The second-order valence-electron chi connectivity index (χ2n) is 8.27. The van der Waals surface area contributed by atoms with Crippen molar-refractivity contribution >= 4 is 11.9 Å². The highest BCUT2D eigenvalue weighted by atomic mass is 19.4. The Bertz CT molecular complexity index is 728. The first-order valence-corrected chi connectivity index (χ1v) is 9.32. The number of nitrogens with zero attached hydrogens (tertiary/aromatic N) is 2. The van der Waals surface area contributed by atoms with E-state index in [2.05, 4.69) is 5.32 Å². The van der Waals surface area contributed by atoms with Crippen LogP contribution in [0.5, 0.6) is 0 Å². The first-order valence-electron chi connectivity index (χ1n) is 9.32. The number of alkyl halides is 3. The zero-order chi connectivity index (χ0) is 21.3. The largest absolute Gasteiger partial charge is 0.416 e. The summed E-state index contributed by atoms with van der Waals surface area (Å²) < 4.78 is 39.4. The second-order valence-corrected chi connectivity index (χ2v) is 8.27. The Hall–Kier alpha value is -2.25. The molecule has 1 aromatic rings. The van der Waals surface area contributed by atoms with Gasteiger partial charge in [-0.05, 0) is 39.3 Å². The van der Waals surface area contributed by atoms with E-state index in [1.165, 1.54) is 15.9 Å². The van der Waals surface area contributed by atoms with Crippen molar-refractivity contribution in [3.8, 4) is 0 Å². The number of nitrogens with one attached hydrogen (secondary N) is 1. The lowest BCUT2D eigenvalue weighted by atomic mass is 9.87. The number of hydrogen-bond acceptors (Lipinski definition) is 2. The summed E-state index contributed by atoms with van der Waals surface area (Å²) >= 11 is 0. The van der Waals surface area contributed by atoms with Crippen LogP contribution in [0.3, 0.4) is 0 Å². The Morgan fingerprint density at radius 1 is 1.21 bits per heavy atom. The minimum atomic E-state index is -4.46. The number of halogens is 3. The van der Waals surface area contributed by atoms with E-state index in [0.29, 0.717) is 12.1 Å². The maximum absolute atomic E-state index is 13.1. The topological polar surface area (TPSA) is 52.7 Å². The molecule has 1 N–H and O–H groups in total. The number of urea groups is 1. The van der Waals surface area contributed by atoms with Gasteiger partial charge >= 0.3 is 12.2 Å². The molecule has 8 heteroatoms. The normalized spacial score (nSPS) is 20.2. The molecule has 156 valence electrons. The van der Waals surface area contributed by atoms with E-state index in [0.717, 1.165) is 12.1 Å². The summed E-state index contributed by atoms with van der Waals surface area (Å²) in [5, 5.41) is 2.85. The van der Waals surface area contributed by atoms with Crippen LogP contribution in [0.2, 0.25) is 0 Å². The van der Waals surface area contributed by atoms with E-state index < -0.39 is 29.1 Å². The number of carbonyl (C=O) groups is 2. The van der Waals surface area contributed by atoms with Gasteiger partial charge < -0.3 is 15.1 Å². The maximum atomic E-state index is 13.1. The van der Waals surface area contributed by atoms with Crippen LogP contribution in [-0.2, 0) is 11.0 Å². The molecular weight excluding hydrogens is 371 g/mol. The molecule has 0 radical (unpaired) electrons. The minimum Gasteiger partial charge on any atom is -0.346 e. The average Bonchev–Trinajstić information content (AvgIpc) is 3.04. The highest BCUT2D eigenvalue weighted by molar-refractivity contribution is 5.83. The van der Waals surface area contributed by atoms with Gasteiger partial charge in [0.25, 0.3) is 0 Å². The van der Waals surface area contributed by atoms with Crippen molar-refractivity contribution < 1.29 is 22.8 Å². The highest BCUT2D eigenvalue weighted by Gasteiger charge is 2.42. The van der Waals surface area contributed by atoms with Crippen LogP contribution in [0, 0.1) is 5.92 Å². The first-order chi connectivity index (χ1) is 12.8. The van der Waals surface area contributed by atoms with Crippen LogP contribution in [0.4, 0.5) is 18.0 Å². The molecule has 0 bridgehead atoms. The molecule has 1 aliphatic rings. The second kappa shape index (κ2) is 8.01. The van der Waals surface area contributed by atoms with Gasteiger partial charge in [-0.2, -0.15) is 13.2 Å². The van der Waals surface area contributed by atoms with Crippen molar-refractivity contribution in [1.29, 1.82) is 0 Å². The standard InChI is InChI=1S/C20H28F3N3O2/c1-6-25(5)17(27)16-12-26(18(28)24-19(2,3)4)11-15(16)13-8-7-9-14(10-13)20(21,22)23/h7-10,15-16H,6,11-12H2,1-5H3,(H,24,28)/t15-,16+/m1/s1. The molecule has 5 nitrogen and oxygen atoms in total. The summed E-state index contributed by atoms with van der Waals surface area (Å²) in [6, 6.07) is 4.72. The van der Waals surface area contributed by atoms with Gasteiger partial charge in [0.1, 0.15) is 0 Å². The molecule has 0 aliphatic carbocycles. The van der Waals surface area contributed by atoms with Crippen LogP contribution in [-0.4, -0.2) is 54.0 Å². The van der Waals surface area contributed by atoms with Crippen molar-refractivity contribution in [1.82, 2.24) is 15.1 Å². The van der Waals surface area contributed by atoms with Gasteiger partial charge in [-0.3, -0.25) is 4.79 Å². The zero-order valence-electron chi connectivity index (χ0n) is 16.9. The number of amides is 3. The van der Waals surface area contributed by atoms with Crippen LogP contribution >= 0.6 is 0 Å². The van der Waals surface area contributed by atoms with Gasteiger partial charge in [-0.25, -0.2) is 4.79 Å². The molecule has 0 unspecified atom stereocenters. The molecule has 0 spiro atoms. The summed E-state index contributed by atoms with van der Waals surface area (Å²) in [5.41, 5.74) is -0.785. The Morgan fingerprint density at radius 3 is 2.39 bits per heavy atom. The van der Waals surface area contributed by atoms with Crippen molar-refractivity contribution in [2.24, 2.45) is 5.92 Å². The lowest BCUT2D eigenvalue weighted by Gasteiger charge is -2.25. The van der Waals surface area contributed by atoms with E-state index >= 15 is 0 Å². The van der Waals surface area contributed by atoms with Gasteiger partial charge in [0.05, 0.1) is 11.5 Å². The van der Waals surface area contributed by atoms with Gasteiger partial charge in [0, 0.05) is 38.1 Å². The molecule has 1 saturated heterocycles. The maximum Gasteiger partial charge on any atom is 0.416 e. The molecule has 1 aromatic carbocycles. The highest BCUT2D eigenvalue weighted by Crippen LogP contribution is 2.37. The first kappa shape index (κ1) is 22.0. The third-order valence-corrected chi connectivity index (χ3v) is 4.90. The van der Waals surface area contributed by atoms with Crippen molar-refractivity contribution in [2.75, 3.05) is 26.7 Å². The van der Waals surface area contributed by atoms with Crippen LogP contribution in [0.15, 0.2) is 24.3 Å². The Kier molecular flexibility index (Phi) is 6.31. The molecule has 1 heterocycles. The fraction of sp³-hybridized carbons (Fsp3) is 0.600. The average molecular weight is 399 g/mol. The summed E-state index contributed by atoms with van der Waals surface area (Å²) in [6.45, 7) is 8.22. The number of rotatable bonds is 3. The molecule has 2 rings (SSSR count). The van der Waals surface area contributed by atoms with E-state index in [1.54, 1.807) is 13.1 Å².